The van der Waals surface area contributed by atoms with E-state index in [1.54, 1.807) is 11.3 Å². The van der Waals surface area contributed by atoms with Crippen LogP contribution in [0.3, 0.4) is 0 Å². The van der Waals surface area contributed by atoms with Crippen molar-refractivity contribution in [3.63, 3.8) is 0 Å². The van der Waals surface area contributed by atoms with Crippen LogP contribution in [0.15, 0.2) is 331 Å². The lowest BCUT2D eigenvalue weighted by Crippen LogP contribution is -2.43. The van der Waals surface area contributed by atoms with Gasteiger partial charge in [0.2, 0.25) is 0 Å². The fraction of sp³-hybridized carbons (Fsp3) is 0.183. The molecule has 0 saturated carbocycles. The van der Waals surface area contributed by atoms with E-state index in [0.29, 0.717) is 38.9 Å². The van der Waals surface area contributed by atoms with Crippen LogP contribution in [0.5, 0.6) is 0 Å². The summed E-state index contributed by atoms with van der Waals surface area (Å²) in [5.74, 6) is 14.0. The maximum absolute atomic E-state index is 7.18. The standard InChI is InChI=1S/2C31H32SSi.C25H20SSi.C23H20SSi.C21H11NS/c1-20(2)33(21(3)4,22(5)6)16-14-23-7-8-24-19-30-25(18-26(24)17-23)9-10-27-28(30)11-12-31-29(27)13-15-32-31;1-20(2)33(21(3)4,22(5)6)16-15-26-19-30-28-12-11-25-17-23-9-7-8-10-24(23)18-29(25)27(28)13-14-31(30)32-26;1-27(2)13-3-4-17-5-6-18-16-24-19(15-20(18)14-17)7-8-21-22(24)9-10-25-23(21)11-12-26-25;1-25(2)14-15-3-4-16-13-22-17(12-18(16)11-15)5-6-19-20(22)7-8-23-21(19)9-10-24-23;1-22-16-4-2-13-12-20-14(10-15(13)11-16)3-5-17-18(20)6-7-21-19(17)8-9-23-21/h7-13,15,17-22H,1-6H3;7-14,17-22H,1-6H3;5-12,14-16,27H,13H2,1-2H3;3-13,25H,14H2,1-2H3;2-12H. The van der Waals surface area contributed by atoms with Crippen LogP contribution >= 0.6 is 56.7 Å². The Labute approximate surface area is 853 Å². The van der Waals surface area contributed by atoms with Crippen molar-refractivity contribution in [1.82, 2.24) is 0 Å². The van der Waals surface area contributed by atoms with E-state index in [1.165, 1.54) is 223 Å². The zero-order valence-corrected chi connectivity index (χ0v) is 91.7. The van der Waals surface area contributed by atoms with Gasteiger partial charge in [0.25, 0.3) is 0 Å². The Morgan fingerprint density at radius 2 is 0.560 bits per heavy atom. The third-order valence-corrected chi connectivity index (χ3v) is 49.6. The molecule has 5 aromatic heterocycles. The second-order valence-electron chi connectivity index (χ2n) is 41.4. The summed E-state index contributed by atoms with van der Waals surface area (Å²) in [5, 5.41) is 54.7. The number of nitrogens with zero attached hydrogens (tertiary/aromatic N) is 1. The summed E-state index contributed by atoms with van der Waals surface area (Å²) in [6.07, 6.45) is 0. The molecule has 0 unspecified atom stereocenters. The van der Waals surface area contributed by atoms with Crippen molar-refractivity contribution >= 4 is 308 Å². The van der Waals surface area contributed by atoms with Crippen molar-refractivity contribution in [2.45, 2.75) is 155 Å². The van der Waals surface area contributed by atoms with E-state index in [1.807, 2.05) is 63.5 Å². The maximum Gasteiger partial charge on any atom is 0.187 e. The Morgan fingerprint density at radius 1 is 0.255 bits per heavy atom. The summed E-state index contributed by atoms with van der Waals surface area (Å²) in [4.78, 5) is 4.73. The molecule has 25 rings (SSSR count). The van der Waals surface area contributed by atoms with Crippen molar-refractivity contribution in [3.8, 4) is 34.8 Å². The van der Waals surface area contributed by atoms with Crippen LogP contribution in [-0.2, 0) is 6.04 Å². The van der Waals surface area contributed by atoms with Crippen LogP contribution in [0, 0.1) is 41.3 Å². The summed E-state index contributed by atoms with van der Waals surface area (Å²) >= 11 is 9.07. The Kier molecular flexibility index (Phi) is 26.2. The van der Waals surface area contributed by atoms with Gasteiger partial charge in [0, 0.05) is 85.2 Å². The van der Waals surface area contributed by atoms with Gasteiger partial charge in [0.15, 0.2) is 5.69 Å². The average molecular weight is 1980 g/mol. The predicted octanol–water partition coefficient (Wildman–Crippen LogP) is 40.9. The zero-order chi connectivity index (χ0) is 97.4. The molecule has 25 aromatic rings. The molecule has 5 heterocycles. The maximum atomic E-state index is 7.18. The first-order valence-corrected chi connectivity index (χ1v) is 65.1. The van der Waals surface area contributed by atoms with Crippen molar-refractivity contribution in [3.05, 3.63) is 364 Å². The molecule has 0 atom stereocenters. The minimum Gasteiger partial charge on any atom is -0.238 e. The molecule has 10 heteroatoms. The molecule has 141 heavy (non-hydrogen) atoms. The third-order valence-electron chi connectivity index (χ3n) is 30.1. The van der Waals surface area contributed by atoms with Gasteiger partial charge < -0.3 is 0 Å². The van der Waals surface area contributed by atoms with Crippen LogP contribution in [0.25, 0.3) is 217 Å². The fourth-order valence-electron chi connectivity index (χ4n) is 23.2. The first kappa shape index (κ1) is 94.4. The molecule has 0 aliphatic heterocycles. The third kappa shape index (κ3) is 18.0. The molecular formula is C131H115NS5Si4. The van der Waals surface area contributed by atoms with Gasteiger partial charge in [-0.3, -0.25) is 0 Å². The van der Waals surface area contributed by atoms with E-state index >= 15 is 0 Å². The number of hydrogen-bond donors (Lipinski definition) is 0. The average Bonchev–Trinajstić information content (AvgIpc) is 1.73. The summed E-state index contributed by atoms with van der Waals surface area (Å²) < 4.78 is 6.75. The number of benzene rings is 20. The molecule has 0 radical (unpaired) electrons. The number of thiophene rings is 5. The van der Waals surface area contributed by atoms with E-state index in [-0.39, 0.29) is 0 Å². The van der Waals surface area contributed by atoms with Gasteiger partial charge in [-0.15, -0.1) is 73.7 Å². The first-order chi connectivity index (χ1) is 68.3. The van der Waals surface area contributed by atoms with E-state index in [9.17, 15) is 0 Å². The van der Waals surface area contributed by atoms with E-state index in [4.69, 9.17) is 6.57 Å². The van der Waals surface area contributed by atoms with E-state index in [0.717, 1.165) is 22.6 Å². The lowest BCUT2D eigenvalue weighted by molar-refractivity contribution is 0.838. The molecule has 0 aliphatic carbocycles. The summed E-state index contributed by atoms with van der Waals surface area (Å²) in [5.41, 5.74) is 16.1. The van der Waals surface area contributed by atoms with Crippen molar-refractivity contribution in [2.24, 2.45) is 0 Å². The van der Waals surface area contributed by atoms with Gasteiger partial charge in [0.1, 0.15) is 16.1 Å². The van der Waals surface area contributed by atoms with Crippen LogP contribution in [0.2, 0.25) is 65.5 Å². The predicted molar refractivity (Wildman–Crippen MR) is 647 cm³/mol. The van der Waals surface area contributed by atoms with Gasteiger partial charge in [-0.25, -0.2) is 4.85 Å². The quantitative estimate of drug-likeness (QED) is 0.0446. The number of fused-ring (bicyclic) bond motifs is 30. The van der Waals surface area contributed by atoms with Crippen LogP contribution < -0.4 is 0 Å². The van der Waals surface area contributed by atoms with E-state index < -0.39 is 33.7 Å². The Balaban J connectivity index is 0.000000105. The highest BCUT2D eigenvalue weighted by Gasteiger charge is 2.43. The highest BCUT2D eigenvalue weighted by Crippen LogP contribution is 2.47. The van der Waals surface area contributed by atoms with Crippen molar-refractivity contribution in [2.75, 3.05) is 0 Å². The molecule has 1 nitrogen and oxygen atoms in total. The minimum absolute atomic E-state index is 0.577. The summed E-state index contributed by atoms with van der Waals surface area (Å²) in [6, 6.07) is 117. The van der Waals surface area contributed by atoms with Crippen molar-refractivity contribution < 1.29 is 0 Å². The lowest BCUT2D eigenvalue weighted by Gasteiger charge is -2.38. The van der Waals surface area contributed by atoms with Crippen LogP contribution in [-0.4, -0.2) is 33.7 Å². The van der Waals surface area contributed by atoms with Gasteiger partial charge in [0.05, 0.1) is 11.4 Å². The molecule has 20 aromatic carbocycles. The second kappa shape index (κ2) is 39.2. The fourth-order valence-corrected chi connectivity index (χ4v) is 39.6. The van der Waals surface area contributed by atoms with Gasteiger partial charge in [-0.1, -0.05) is 290 Å². The lowest BCUT2D eigenvalue weighted by atomic mass is 9.96. The molecule has 0 amide bonds. The Hall–Kier alpha value is -12.9. The Bertz CT molecular complexity index is 9520. The normalized spacial score (nSPS) is 12.1. The largest absolute Gasteiger partial charge is 0.238 e. The number of rotatable bonds is 9. The molecular weight excluding hydrogens is 1860 g/mol. The number of hydrogen-bond acceptors (Lipinski definition) is 5. The van der Waals surface area contributed by atoms with Gasteiger partial charge in [-0.05, 0) is 374 Å². The van der Waals surface area contributed by atoms with Crippen molar-refractivity contribution in [1.29, 1.82) is 0 Å². The molecule has 690 valence electrons. The molecule has 0 bridgehead atoms. The Morgan fingerprint density at radius 3 is 0.936 bits per heavy atom. The smallest absolute Gasteiger partial charge is 0.187 e. The molecule has 0 N–H and O–H groups in total. The highest BCUT2D eigenvalue weighted by atomic mass is 32.1. The first-order valence-electron chi connectivity index (χ1n) is 50.1. The monoisotopic (exact) mass is 1970 g/mol. The van der Waals surface area contributed by atoms with Crippen LogP contribution in [0.4, 0.5) is 5.69 Å². The SMILES string of the molecule is CC(C)[Si](C#Cc1cc2c(ccc3c4cc5ccccc5cc4ccc23)s1)(C(C)C)C(C)C.CC(C)[Si](C#Cc1ccc2cc3c(ccc4c5ccsc5ccc34)cc2c1)(C(C)C)C(C)C.C[SiH](C)CC#Cc1ccc2cc3c(ccc4c5ccsc5ccc34)cc2c1.C[SiH](C)Cc1ccc2cc3c(ccc4c5ccsc5ccc34)cc2c1.[C-]#[N+]c1ccc2cc3c(ccc4c5ccsc5ccc34)cc2c1. The molecule has 0 saturated heterocycles. The van der Waals surface area contributed by atoms with Gasteiger partial charge in [-0.2, -0.15) is 0 Å². The highest BCUT2D eigenvalue weighted by molar-refractivity contribution is 7.20. The van der Waals surface area contributed by atoms with Gasteiger partial charge >= 0.3 is 0 Å². The molecule has 0 aliphatic rings. The summed E-state index contributed by atoms with van der Waals surface area (Å²) in [7, 11) is -4.64. The van der Waals surface area contributed by atoms with Crippen LogP contribution in [0.1, 0.15) is 105 Å². The molecule has 0 spiro atoms. The zero-order valence-electron chi connectivity index (χ0n) is 83.3. The molecule has 0 fully saturated rings. The minimum atomic E-state index is -1.73. The summed E-state index contributed by atoms with van der Waals surface area (Å²) in [6.45, 7) is 45.3. The topological polar surface area (TPSA) is 4.36 Å². The van der Waals surface area contributed by atoms with E-state index in [2.05, 4.69) is 462 Å². The second-order valence-corrected chi connectivity index (χ2v) is 63.9.